The molecular formula is C18H31N3O5. The van der Waals surface area contributed by atoms with E-state index in [0.29, 0.717) is 58.7 Å². The summed E-state index contributed by atoms with van der Waals surface area (Å²) in [5.74, 6) is 0.0557. The third-order valence-corrected chi connectivity index (χ3v) is 4.61. The lowest BCUT2D eigenvalue weighted by Crippen LogP contribution is -2.53. The van der Waals surface area contributed by atoms with Crippen molar-refractivity contribution >= 4 is 18.1 Å². The average molecular weight is 369 g/mol. The van der Waals surface area contributed by atoms with E-state index < -0.39 is 5.60 Å². The molecule has 0 aromatic rings. The number of piperidine rings is 1. The zero-order valence-corrected chi connectivity index (χ0v) is 16.3. The van der Waals surface area contributed by atoms with E-state index in [-0.39, 0.29) is 24.0 Å². The summed E-state index contributed by atoms with van der Waals surface area (Å²) in [7, 11) is 0. The Morgan fingerprint density at radius 3 is 1.85 bits per heavy atom. The van der Waals surface area contributed by atoms with Gasteiger partial charge < -0.3 is 24.2 Å². The summed E-state index contributed by atoms with van der Waals surface area (Å²) >= 11 is 0. The predicted molar refractivity (Wildman–Crippen MR) is 95.7 cm³/mol. The van der Waals surface area contributed by atoms with Gasteiger partial charge in [0, 0.05) is 45.2 Å². The highest BCUT2D eigenvalue weighted by Gasteiger charge is 2.33. The maximum atomic E-state index is 12.7. The first-order valence-corrected chi connectivity index (χ1v) is 9.39. The van der Waals surface area contributed by atoms with Gasteiger partial charge in [-0.25, -0.2) is 9.59 Å². The second kappa shape index (κ2) is 8.60. The molecule has 2 aliphatic heterocycles. The van der Waals surface area contributed by atoms with Crippen LogP contribution in [-0.4, -0.2) is 84.3 Å². The van der Waals surface area contributed by atoms with E-state index in [0.717, 1.165) is 0 Å². The van der Waals surface area contributed by atoms with Crippen LogP contribution in [0.15, 0.2) is 0 Å². The number of nitrogens with zero attached hydrogens (tertiary/aromatic N) is 3. The van der Waals surface area contributed by atoms with Crippen molar-refractivity contribution in [2.75, 3.05) is 45.9 Å². The summed E-state index contributed by atoms with van der Waals surface area (Å²) in [6.07, 6.45) is 0.670. The molecule has 0 aliphatic carbocycles. The molecule has 0 aromatic heterocycles. The van der Waals surface area contributed by atoms with Gasteiger partial charge in [-0.05, 0) is 40.5 Å². The van der Waals surface area contributed by atoms with Crippen LogP contribution in [0.2, 0.25) is 0 Å². The normalized spacial score (nSPS) is 19.3. The number of ether oxygens (including phenoxy) is 2. The second-order valence-electron chi connectivity index (χ2n) is 7.75. The highest BCUT2D eigenvalue weighted by molar-refractivity contribution is 5.80. The minimum absolute atomic E-state index is 0.0668. The standard InChI is InChI=1S/C18H31N3O5/c1-5-25-16(23)21-12-10-19(11-13-21)15(22)14-6-8-20(9-7-14)17(24)26-18(2,3)4/h14H,5-13H2,1-4H3. The average Bonchev–Trinajstić information content (AvgIpc) is 2.60. The van der Waals surface area contributed by atoms with Gasteiger partial charge in [0.05, 0.1) is 6.61 Å². The van der Waals surface area contributed by atoms with Crippen molar-refractivity contribution in [3.05, 3.63) is 0 Å². The fraction of sp³-hybridized carbons (Fsp3) is 0.833. The summed E-state index contributed by atoms with van der Waals surface area (Å²) in [5, 5.41) is 0. The largest absolute Gasteiger partial charge is 0.450 e. The van der Waals surface area contributed by atoms with Crippen LogP contribution in [0.1, 0.15) is 40.5 Å². The maximum Gasteiger partial charge on any atom is 0.410 e. The molecule has 0 N–H and O–H groups in total. The highest BCUT2D eigenvalue weighted by Crippen LogP contribution is 2.22. The Hall–Kier alpha value is -1.99. The molecule has 0 saturated carbocycles. The van der Waals surface area contributed by atoms with Crippen LogP contribution in [0.4, 0.5) is 9.59 Å². The topological polar surface area (TPSA) is 79.4 Å². The van der Waals surface area contributed by atoms with Gasteiger partial charge in [-0.3, -0.25) is 4.79 Å². The molecule has 0 aromatic carbocycles. The van der Waals surface area contributed by atoms with Gasteiger partial charge >= 0.3 is 12.2 Å². The molecule has 2 aliphatic rings. The molecule has 0 unspecified atom stereocenters. The molecule has 0 atom stereocenters. The van der Waals surface area contributed by atoms with Crippen LogP contribution < -0.4 is 0 Å². The lowest BCUT2D eigenvalue weighted by atomic mass is 9.95. The van der Waals surface area contributed by atoms with E-state index in [9.17, 15) is 14.4 Å². The van der Waals surface area contributed by atoms with Crippen LogP contribution in [0.3, 0.4) is 0 Å². The van der Waals surface area contributed by atoms with Crippen molar-refractivity contribution in [2.45, 2.75) is 46.1 Å². The molecule has 148 valence electrons. The minimum Gasteiger partial charge on any atom is -0.450 e. The van der Waals surface area contributed by atoms with E-state index in [1.165, 1.54) is 0 Å². The SMILES string of the molecule is CCOC(=O)N1CCN(C(=O)C2CCN(C(=O)OC(C)(C)C)CC2)CC1. The van der Waals surface area contributed by atoms with Crippen molar-refractivity contribution in [3.63, 3.8) is 0 Å². The fourth-order valence-corrected chi connectivity index (χ4v) is 3.22. The van der Waals surface area contributed by atoms with Crippen LogP contribution in [-0.2, 0) is 14.3 Å². The van der Waals surface area contributed by atoms with Crippen LogP contribution in [0.5, 0.6) is 0 Å². The van der Waals surface area contributed by atoms with Crippen molar-refractivity contribution in [2.24, 2.45) is 5.92 Å². The number of piperazine rings is 1. The zero-order chi connectivity index (χ0) is 19.3. The van der Waals surface area contributed by atoms with E-state index in [4.69, 9.17) is 9.47 Å². The number of amides is 3. The first-order valence-electron chi connectivity index (χ1n) is 9.39. The molecule has 0 radical (unpaired) electrons. The molecule has 26 heavy (non-hydrogen) atoms. The lowest BCUT2D eigenvalue weighted by molar-refractivity contribution is -0.138. The van der Waals surface area contributed by atoms with Gasteiger partial charge in [0.25, 0.3) is 0 Å². The quantitative estimate of drug-likeness (QED) is 0.743. The number of carbonyl (C=O) groups is 3. The lowest BCUT2D eigenvalue weighted by Gasteiger charge is -2.38. The van der Waals surface area contributed by atoms with Gasteiger partial charge in [-0.2, -0.15) is 0 Å². The van der Waals surface area contributed by atoms with Gasteiger partial charge in [0.15, 0.2) is 0 Å². The fourth-order valence-electron chi connectivity index (χ4n) is 3.22. The van der Waals surface area contributed by atoms with Crippen molar-refractivity contribution < 1.29 is 23.9 Å². The van der Waals surface area contributed by atoms with Crippen LogP contribution in [0.25, 0.3) is 0 Å². The van der Waals surface area contributed by atoms with E-state index in [1.54, 1.807) is 16.7 Å². The Morgan fingerprint density at radius 1 is 0.846 bits per heavy atom. The Bertz CT molecular complexity index is 515. The highest BCUT2D eigenvalue weighted by atomic mass is 16.6. The molecule has 2 saturated heterocycles. The molecule has 0 spiro atoms. The molecule has 8 nitrogen and oxygen atoms in total. The monoisotopic (exact) mass is 369 g/mol. The summed E-state index contributed by atoms with van der Waals surface area (Å²) in [6.45, 7) is 10.8. The molecule has 2 heterocycles. The van der Waals surface area contributed by atoms with Crippen LogP contribution in [0, 0.1) is 5.92 Å². The minimum atomic E-state index is -0.512. The number of rotatable bonds is 2. The molecule has 3 amide bonds. The Balaban J connectivity index is 1.77. The molecule has 2 rings (SSSR count). The van der Waals surface area contributed by atoms with Gasteiger partial charge in [-0.1, -0.05) is 0 Å². The summed E-state index contributed by atoms with van der Waals surface area (Å²) in [6, 6.07) is 0. The van der Waals surface area contributed by atoms with E-state index in [2.05, 4.69) is 0 Å². The third-order valence-electron chi connectivity index (χ3n) is 4.61. The predicted octanol–water partition coefficient (Wildman–Crippen LogP) is 1.93. The zero-order valence-electron chi connectivity index (χ0n) is 16.3. The third kappa shape index (κ3) is 5.51. The Labute approximate surface area is 155 Å². The first-order chi connectivity index (χ1) is 12.2. The van der Waals surface area contributed by atoms with Crippen molar-refractivity contribution in [1.82, 2.24) is 14.7 Å². The number of likely N-dealkylation sites (tertiary alicyclic amines) is 1. The number of hydrogen-bond donors (Lipinski definition) is 0. The molecule has 0 bridgehead atoms. The molecule has 2 fully saturated rings. The summed E-state index contributed by atoms with van der Waals surface area (Å²) in [5.41, 5.74) is -0.512. The Kier molecular flexibility index (Phi) is 6.72. The summed E-state index contributed by atoms with van der Waals surface area (Å²) in [4.78, 5) is 41.7. The maximum absolute atomic E-state index is 12.7. The molecular weight excluding hydrogens is 338 g/mol. The van der Waals surface area contributed by atoms with Crippen LogP contribution >= 0.6 is 0 Å². The first kappa shape index (κ1) is 20.3. The van der Waals surface area contributed by atoms with Gasteiger partial charge in [0.2, 0.25) is 5.91 Å². The van der Waals surface area contributed by atoms with E-state index >= 15 is 0 Å². The smallest absolute Gasteiger partial charge is 0.410 e. The van der Waals surface area contributed by atoms with Crippen molar-refractivity contribution in [1.29, 1.82) is 0 Å². The number of hydrogen-bond acceptors (Lipinski definition) is 5. The molecule has 8 heteroatoms. The summed E-state index contributed by atoms with van der Waals surface area (Å²) < 4.78 is 10.4. The van der Waals surface area contributed by atoms with Gasteiger partial charge in [0.1, 0.15) is 5.60 Å². The van der Waals surface area contributed by atoms with Crippen molar-refractivity contribution in [3.8, 4) is 0 Å². The second-order valence-corrected chi connectivity index (χ2v) is 7.75. The Morgan fingerprint density at radius 2 is 1.35 bits per heavy atom. The van der Waals surface area contributed by atoms with Gasteiger partial charge in [-0.15, -0.1) is 0 Å². The van der Waals surface area contributed by atoms with E-state index in [1.807, 2.05) is 25.7 Å². The number of carbonyl (C=O) groups excluding carboxylic acids is 3.